The molecule has 124 valence electrons. The molecule has 0 radical (unpaired) electrons. The molecule has 0 saturated carbocycles. The molecule has 3 rings (SSSR count). The molecule has 2 N–H and O–H groups in total. The molecule has 0 spiro atoms. The van der Waals surface area contributed by atoms with Crippen molar-refractivity contribution < 1.29 is 9.18 Å². The summed E-state index contributed by atoms with van der Waals surface area (Å²) in [5, 5.41) is 12.9. The first-order valence-corrected chi connectivity index (χ1v) is 7.68. The zero-order valence-electron chi connectivity index (χ0n) is 13.5. The lowest BCUT2D eigenvalue weighted by molar-refractivity contribution is -0.117. The number of rotatable bonds is 4. The molecule has 3 aromatic rings. The lowest BCUT2D eigenvalue weighted by atomic mass is 10.1. The van der Waals surface area contributed by atoms with E-state index in [1.54, 1.807) is 37.5 Å². The zero-order valence-corrected chi connectivity index (χ0v) is 13.5. The van der Waals surface area contributed by atoms with Gasteiger partial charge < -0.3 is 10.3 Å². The lowest BCUT2D eigenvalue weighted by Crippen LogP contribution is -2.27. The lowest BCUT2D eigenvalue weighted by Gasteiger charge is -2.13. The molecule has 1 aromatic carbocycles. The highest BCUT2D eigenvalue weighted by Gasteiger charge is 2.15. The van der Waals surface area contributed by atoms with Crippen molar-refractivity contribution in [2.45, 2.75) is 13.0 Å². The number of hydrogen-bond donors (Lipinski definition) is 2. The molecule has 0 aliphatic heterocycles. The quantitative estimate of drug-likeness (QED) is 0.566. The van der Waals surface area contributed by atoms with Gasteiger partial charge in [0, 0.05) is 23.3 Å². The number of nitrogens with one attached hydrogen (secondary N) is 2. The van der Waals surface area contributed by atoms with Gasteiger partial charge in [0.1, 0.15) is 23.1 Å². The SMILES string of the molecule is C[C@@H](NC(=O)/C(C#N)=C/c1c[nH]c2ncccc12)c1ccc(F)cc1. The Kier molecular flexibility index (Phi) is 4.57. The van der Waals surface area contributed by atoms with Crippen LogP contribution in [0.15, 0.2) is 54.4 Å². The number of benzene rings is 1. The molecule has 0 fully saturated rings. The van der Waals surface area contributed by atoms with E-state index >= 15 is 0 Å². The summed E-state index contributed by atoms with van der Waals surface area (Å²) in [6.45, 7) is 1.77. The highest BCUT2D eigenvalue weighted by atomic mass is 19.1. The predicted octanol–water partition coefficient (Wildman–Crippen LogP) is 3.49. The minimum absolute atomic E-state index is 0.0151. The van der Waals surface area contributed by atoms with Gasteiger partial charge in [0.25, 0.3) is 5.91 Å². The number of pyridine rings is 1. The molecule has 0 saturated heterocycles. The minimum atomic E-state index is -0.488. The van der Waals surface area contributed by atoms with Gasteiger partial charge in [-0.1, -0.05) is 12.1 Å². The Morgan fingerprint density at radius 2 is 2.12 bits per heavy atom. The van der Waals surface area contributed by atoms with Crippen molar-refractivity contribution in [3.63, 3.8) is 0 Å². The number of halogens is 1. The van der Waals surface area contributed by atoms with E-state index in [4.69, 9.17) is 0 Å². The highest BCUT2D eigenvalue weighted by molar-refractivity contribution is 6.03. The fourth-order valence-corrected chi connectivity index (χ4v) is 2.51. The standard InChI is InChI=1S/C19H15FN4O/c1-12(13-4-6-16(20)7-5-13)24-19(25)14(10-21)9-15-11-23-18-17(15)3-2-8-22-18/h2-9,11-12H,1H3,(H,22,23)(H,24,25)/b14-9+/t12-/m1/s1. The van der Waals surface area contributed by atoms with Gasteiger partial charge in [0.05, 0.1) is 6.04 Å². The topological polar surface area (TPSA) is 81.6 Å². The molecule has 0 bridgehead atoms. The molecular weight excluding hydrogens is 319 g/mol. The predicted molar refractivity (Wildman–Crippen MR) is 92.6 cm³/mol. The van der Waals surface area contributed by atoms with Crippen LogP contribution in [0.5, 0.6) is 0 Å². The van der Waals surface area contributed by atoms with Crippen LogP contribution in [0.1, 0.15) is 24.1 Å². The number of hydrogen-bond acceptors (Lipinski definition) is 3. The molecular formula is C19H15FN4O. The third-order valence-corrected chi connectivity index (χ3v) is 3.87. The maximum absolute atomic E-state index is 13.0. The molecule has 0 aliphatic rings. The monoisotopic (exact) mass is 334 g/mol. The summed E-state index contributed by atoms with van der Waals surface area (Å²) < 4.78 is 13.0. The van der Waals surface area contributed by atoms with Gasteiger partial charge in [0.2, 0.25) is 0 Å². The zero-order chi connectivity index (χ0) is 17.8. The second-order valence-electron chi connectivity index (χ2n) is 5.56. The fourth-order valence-electron chi connectivity index (χ4n) is 2.51. The highest BCUT2D eigenvalue weighted by Crippen LogP contribution is 2.19. The average molecular weight is 334 g/mol. The third kappa shape index (κ3) is 3.56. The number of carbonyl (C=O) groups is 1. The number of aromatic nitrogens is 2. The molecule has 5 nitrogen and oxygen atoms in total. The Bertz CT molecular complexity index is 983. The van der Waals surface area contributed by atoms with E-state index in [-0.39, 0.29) is 17.4 Å². The van der Waals surface area contributed by atoms with E-state index in [0.717, 1.165) is 10.9 Å². The Morgan fingerprint density at radius 1 is 1.36 bits per heavy atom. The summed E-state index contributed by atoms with van der Waals surface area (Å²) >= 11 is 0. The molecule has 2 aromatic heterocycles. The van der Waals surface area contributed by atoms with E-state index in [1.807, 2.05) is 12.1 Å². The Balaban J connectivity index is 1.81. The number of fused-ring (bicyclic) bond motifs is 1. The second-order valence-corrected chi connectivity index (χ2v) is 5.56. The molecule has 1 atom stereocenters. The van der Waals surface area contributed by atoms with Crippen LogP contribution in [0.25, 0.3) is 17.1 Å². The van der Waals surface area contributed by atoms with Crippen LogP contribution in [0.3, 0.4) is 0 Å². The number of aromatic amines is 1. The number of carbonyl (C=O) groups excluding carboxylic acids is 1. The van der Waals surface area contributed by atoms with Gasteiger partial charge in [-0.15, -0.1) is 0 Å². The van der Waals surface area contributed by atoms with Crippen molar-refractivity contribution in [3.05, 3.63) is 71.3 Å². The molecule has 25 heavy (non-hydrogen) atoms. The van der Waals surface area contributed by atoms with Gasteiger partial charge in [-0.2, -0.15) is 5.26 Å². The summed E-state index contributed by atoms with van der Waals surface area (Å²) in [4.78, 5) is 19.6. The maximum Gasteiger partial charge on any atom is 0.262 e. The first-order chi connectivity index (χ1) is 12.1. The Morgan fingerprint density at radius 3 is 2.84 bits per heavy atom. The Hall–Kier alpha value is -3.46. The summed E-state index contributed by atoms with van der Waals surface area (Å²) in [6, 6.07) is 11.1. The normalized spacial score (nSPS) is 12.6. The van der Waals surface area contributed by atoms with Crippen LogP contribution < -0.4 is 5.32 Å². The van der Waals surface area contributed by atoms with Crippen LogP contribution in [0.4, 0.5) is 4.39 Å². The smallest absolute Gasteiger partial charge is 0.262 e. The Labute approximate surface area is 143 Å². The van der Waals surface area contributed by atoms with Gasteiger partial charge in [0.15, 0.2) is 0 Å². The largest absolute Gasteiger partial charge is 0.346 e. The second kappa shape index (κ2) is 6.97. The number of nitriles is 1. The molecule has 0 aliphatic carbocycles. The fraction of sp³-hybridized carbons (Fsp3) is 0.105. The molecule has 6 heteroatoms. The van der Waals surface area contributed by atoms with E-state index in [2.05, 4.69) is 15.3 Å². The number of nitrogens with zero attached hydrogens (tertiary/aromatic N) is 2. The van der Waals surface area contributed by atoms with Crippen molar-refractivity contribution in [2.24, 2.45) is 0 Å². The van der Waals surface area contributed by atoms with Crippen molar-refractivity contribution in [2.75, 3.05) is 0 Å². The van der Waals surface area contributed by atoms with Crippen molar-refractivity contribution >= 4 is 23.0 Å². The van der Waals surface area contributed by atoms with Gasteiger partial charge in [-0.05, 0) is 42.8 Å². The summed E-state index contributed by atoms with van der Waals surface area (Å²) in [5.74, 6) is -0.828. The number of H-pyrrole nitrogens is 1. The van der Waals surface area contributed by atoms with Crippen LogP contribution >= 0.6 is 0 Å². The maximum atomic E-state index is 13.0. The molecule has 2 heterocycles. The van der Waals surface area contributed by atoms with Gasteiger partial charge in [-0.3, -0.25) is 4.79 Å². The van der Waals surface area contributed by atoms with Crippen molar-refractivity contribution in [1.82, 2.24) is 15.3 Å². The summed E-state index contributed by atoms with van der Waals surface area (Å²) in [7, 11) is 0. The van der Waals surface area contributed by atoms with Crippen molar-refractivity contribution in [1.29, 1.82) is 5.26 Å². The van der Waals surface area contributed by atoms with E-state index in [0.29, 0.717) is 11.2 Å². The third-order valence-electron chi connectivity index (χ3n) is 3.87. The average Bonchev–Trinajstić information content (AvgIpc) is 3.03. The van der Waals surface area contributed by atoms with Gasteiger partial charge >= 0.3 is 0 Å². The number of amides is 1. The van der Waals surface area contributed by atoms with Crippen LogP contribution in [-0.2, 0) is 4.79 Å². The van der Waals surface area contributed by atoms with E-state index in [9.17, 15) is 14.4 Å². The summed E-state index contributed by atoms with van der Waals surface area (Å²) in [6.07, 6.45) is 4.88. The molecule has 0 unspecified atom stereocenters. The molecule has 1 amide bonds. The summed E-state index contributed by atoms with van der Waals surface area (Å²) in [5.41, 5.74) is 2.14. The van der Waals surface area contributed by atoms with Crippen molar-refractivity contribution in [3.8, 4) is 6.07 Å². The minimum Gasteiger partial charge on any atom is -0.346 e. The first kappa shape index (κ1) is 16.4. The van der Waals surface area contributed by atoms with Gasteiger partial charge in [-0.25, -0.2) is 9.37 Å². The van der Waals surface area contributed by atoms with Crippen LogP contribution in [-0.4, -0.2) is 15.9 Å². The van der Waals surface area contributed by atoms with E-state index < -0.39 is 5.91 Å². The first-order valence-electron chi connectivity index (χ1n) is 7.68. The van der Waals surface area contributed by atoms with Crippen LogP contribution in [0, 0.1) is 17.1 Å². The van der Waals surface area contributed by atoms with Crippen LogP contribution in [0.2, 0.25) is 0 Å². The van der Waals surface area contributed by atoms with E-state index in [1.165, 1.54) is 18.2 Å².